The smallest absolute Gasteiger partial charge is 0.256 e. The summed E-state index contributed by atoms with van der Waals surface area (Å²) in [5, 5.41) is 0.800. The van der Waals surface area contributed by atoms with Crippen LogP contribution in [0, 0.1) is 5.82 Å². The third-order valence-corrected chi connectivity index (χ3v) is 3.20. The van der Waals surface area contributed by atoms with Crippen molar-refractivity contribution in [2.24, 2.45) is 0 Å². The van der Waals surface area contributed by atoms with Gasteiger partial charge in [-0.05, 0) is 24.3 Å². The minimum atomic E-state index is -4.55. The van der Waals surface area contributed by atoms with E-state index in [0.717, 1.165) is 23.0 Å². The number of benzene rings is 2. The van der Waals surface area contributed by atoms with E-state index in [2.05, 4.69) is 4.98 Å². The second kappa shape index (κ2) is 4.84. The van der Waals surface area contributed by atoms with Crippen molar-refractivity contribution in [1.82, 2.24) is 4.98 Å². The highest BCUT2D eigenvalue weighted by atomic mass is 19.4. The minimum absolute atomic E-state index is 0.0984. The zero-order valence-corrected chi connectivity index (χ0v) is 10.7. The molecule has 1 heterocycles. The van der Waals surface area contributed by atoms with Crippen molar-refractivity contribution >= 4 is 10.9 Å². The van der Waals surface area contributed by atoms with Crippen molar-refractivity contribution < 1.29 is 17.6 Å². The molecule has 0 bridgehead atoms. The van der Waals surface area contributed by atoms with Gasteiger partial charge >= 0.3 is 6.18 Å². The molecule has 21 heavy (non-hydrogen) atoms. The van der Waals surface area contributed by atoms with Crippen molar-refractivity contribution in [2.45, 2.75) is 6.18 Å². The maximum atomic E-state index is 13.9. The van der Waals surface area contributed by atoms with Crippen LogP contribution in [0.3, 0.4) is 0 Å². The Morgan fingerprint density at radius 1 is 0.905 bits per heavy atom. The molecule has 0 spiro atoms. The molecule has 106 valence electrons. The van der Waals surface area contributed by atoms with Crippen molar-refractivity contribution in [3.05, 3.63) is 66.1 Å². The maximum absolute atomic E-state index is 13.9. The molecule has 0 fully saturated rings. The lowest BCUT2D eigenvalue weighted by atomic mass is 10.0. The molecule has 0 N–H and O–H groups in total. The van der Waals surface area contributed by atoms with E-state index < -0.39 is 17.6 Å². The number of fused-ring (bicyclic) bond motifs is 1. The molecule has 3 aromatic rings. The Morgan fingerprint density at radius 3 is 2.38 bits per heavy atom. The van der Waals surface area contributed by atoms with Gasteiger partial charge < -0.3 is 0 Å². The van der Waals surface area contributed by atoms with Gasteiger partial charge in [0, 0.05) is 22.7 Å². The van der Waals surface area contributed by atoms with Crippen LogP contribution in [-0.2, 0) is 6.18 Å². The van der Waals surface area contributed by atoms with Gasteiger partial charge in [0.2, 0.25) is 0 Å². The van der Waals surface area contributed by atoms with Crippen LogP contribution < -0.4 is 0 Å². The molecule has 0 aliphatic rings. The van der Waals surface area contributed by atoms with Crippen LogP contribution in [0.4, 0.5) is 17.6 Å². The molecule has 2 aromatic carbocycles. The molecular formula is C16H9F4N. The monoisotopic (exact) mass is 291 g/mol. The summed E-state index contributed by atoms with van der Waals surface area (Å²) in [4.78, 5) is 4.18. The maximum Gasteiger partial charge on any atom is 0.416 e. The van der Waals surface area contributed by atoms with Gasteiger partial charge in [0.1, 0.15) is 5.82 Å². The lowest BCUT2D eigenvalue weighted by Crippen LogP contribution is -2.05. The Bertz CT molecular complexity index is 809. The van der Waals surface area contributed by atoms with Gasteiger partial charge in [0.05, 0.1) is 11.1 Å². The first kappa shape index (κ1) is 13.5. The summed E-state index contributed by atoms with van der Waals surface area (Å²) in [6.07, 6.45) is -3.10. The number of hydrogen-bond acceptors (Lipinski definition) is 1. The molecule has 0 saturated heterocycles. The first-order chi connectivity index (χ1) is 9.95. The molecule has 0 atom stereocenters. The third-order valence-electron chi connectivity index (χ3n) is 3.20. The number of rotatable bonds is 1. The fourth-order valence-electron chi connectivity index (χ4n) is 2.14. The van der Waals surface area contributed by atoms with E-state index in [1.165, 1.54) is 6.20 Å². The molecule has 0 aliphatic carbocycles. The number of alkyl halides is 3. The van der Waals surface area contributed by atoms with Crippen LogP contribution in [0.15, 0.2) is 54.7 Å². The molecule has 1 aromatic heterocycles. The standard InChI is InChI=1S/C16H9F4N/c17-14-8-12(16(18,19)20)5-6-13(14)11-7-10-3-1-2-4-15(10)21-9-11/h1-9H. The van der Waals surface area contributed by atoms with Gasteiger partial charge in [-0.2, -0.15) is 13.2 Å². The Hall–Kier alpha value is -2.43. The highest BCUT2D eigenvalue weighted by Gasteiger charge is 2.31. The van der Waals surface area contributed by atoms with Gasteiger partial charge in [-0.3, -0.25) is 4.98 Å². The molecule has 0 saturated carbocycles. The van der Waals surface area contributed by atoms with E-state index in [1.807, 2.05) is 24.3 Å². The Kier molecular flexibility index (Phi) is 3.12. The summed E-state index contributed by atoms with van der Waals surface area (Å²) in [5.41, 5.74) is 0.284. The van der Waals surface area contributed by atoms with Crippen molar-refractivity contribution in [2.75, 3.05) is 0 Å². The third kappa shape index (κ3) is 2.59. The largest absolute Gasteiger partial charge is 0.416 e. The number of aromatic nitrogens is 1. The molecular weight excluding hydrogens is 282 g/mol. The first-order valence-electron chi connectivity index (χ1n) is 6.17. The molecule has 0 aliphatic heterocycles. The second-order valence-electron chi connectivity index (χ2n) is 4.61. The van der Waals surface area contributed by atoms with Crippen LogP contribution in [0.2, 0.25) is 0 Å². The number of halogens is 4. The van der Waals surface area contributed by atoms with Gasteiger partial charge in [0.25, 0.3) is 0 Å². The summed E-state index contributed by atoms with van der Waals surface area (Å²) in [6, 6.07) is 11.5. The Labute approximate surface area is 117 Å². The number of nitrogens with zero attached hydrogens (tertiary/aromatic N) is 1. The van der Waals surface area contributed by atoms with E-state index in [9.17, 15) is 17.6 Å². The molecule has 3 rings (SSSR count). The van der Waals surface area contributed by atoms with Gasteiger partial charge in [-0.15, -0.1) is 0 Å². The Morgan fingerprint density at radius 2 is 1.67 bits per heavy atom. The lowest BCUT2D eigenvalue weighted by molar-refractivity contribution is -0.137. The van der Waals surface area contributed by atoms with Crippen molar-refractivity contribution in [1.29, 1.82) is 0 Å². The fourth-order valence-corrected chi connectivity index (χ4v) is 2.14. The van der Waals surface area contributed by atoms with Crippen LogP contribution in [0.5, 0.6) is 0 Å². The summed E-state index contributed by atoms with van der Waals surface area (Å²) in [5.74, 6) is -0.915. The van der Waals surface area contributed by atoms with Crippen LogP contribution in [-0.4, -0.2) is 4.98 Å². The molecule has 0 amide bonds. The number of para-hydroxylation sites is 1. The first-order valence-corrected chi connectivity index (χ1v) is 6.17. The second-order valence-corrected chi connectivity index (χ2v) is 4.61. The normalized spacial score (nSPS) is 11.8. The van der Waals surface area contributed by atoms with Crippen molar-refractivity contribution in [3.8, 4) is 11.1 Å². The van der Waals surface area contributed by atoms with Crippen LogP contribution in [0.25, 0.3) is 22.0 Å². The van der Waals surface area contributed by atoms with E-state index in [-0.39, 0.29) is 5.56 Å². The molecule has 1 nitrogen and oxygen atoms in total. The fraction of sp³-hybridized carbons (Fsp3) is 0.0625. The van der Waals surface area contributed by atoms with E-state index in [0.29, 0.717) is 11.6 Å². The molecule has 0 radical (unpaired) electrons. The van der Waals surface area contributed by atoms with Gasteiger partial charge in [0.15, 0.2) is 0 Å². The van der Waals surface area contributed by atoms with E-state index in [1.54, 1.807) is 6.07 Å². The summed E-state index contributed by atoms with van der Waals surface area (Å²) in [7, 11) is 0. The summed E-state index contributed by atoms with van der Waals surface area (Å²) in [6.45, 7) is 0. The minimum Gasteiger partial charge on any atom is -0.256 e. The number of pyridine rings is 1. The highest BCUT2D eigenvalue weighted by molar-refractivity contribution is 5.83. The predicted molar refractivity (Wildman–Crippen MR) is 72.1 cm³/mol. The lowest BCUT2D eigenvalue weighted by Gasteiger charge is -2.09. The van der Waals surface area contributed by atoms with Crippen molar-refractivity contribution in [3.63, 3.8) is 0 Å². The quantitative estimate of drug-likeness (QED) is 0.571. The van der Waals surface area contributed by atoms with E-state index >= 15 is 0 Å². The zero-order chi connectivity index (χ0) is 15.0. The summed E-state index contributed by atoms with van der Waals surface area (Å²) < 4.78 is 51.5. The van der Waals surface area contributed by atoms with Crippen LogP contribution in [0.1, 0.15) is 5.56 Å². The average Bonchev–Trinajstić information content (AvgIpc) is 2.45. The topological polar surface area (TPSA) is 12.9 Å². The SMILES string of the molecule is Fc1cc(C(F)(F)F)ccc1-c1cnc2ccccc2c1. The molecule has 5 heteroatoms. The van der Waals surface area contributed by atoms with Gasteiger partial charge in [-0.25, -0.2) is 4.39 Å². The highest BCUT2D eigenvalue weighted by Crippen LogP contribution is 2.33. The Balaban J connectivity index is 2.10. The van der Waals surface area contributed by atoms with Gasteiger partial charge in [-0.1, -0.05) is 24.3 Å². The summed E-state index contributed by atoms with van der Waals surface area (Å²) >= 11 is 0. The van der Waals surface area contributed by atoms with E-state index in [4.69, 9.17) is 0 Å². The molecule has 0 unspecified atom stereocenters. The average molecular weight is 291 g/mol. The predicted octanol–water partition coefficient (Wildman–Crippen LogP) is 5.06. The zero-order valence-electron chi connectivity index (χ0n) is 10.7. The number of hydrogen-bond donors (Lipinski definition) is 0. The van der Waals surface area contributed by atoms with Crippen LogP contribution >= 0.6 is 0 Å².